The average Bonchev–Trinajstić information content (AvgIpc) is 2.93. The molecular formula is C17H19N3O3S. The van der Waals surface area contributed by atoms with E-state index in [1.165, 1.54) is 0 Å². The van der Waals surface area contributed by atoms with Crippen LogP contribution >= 0.6 is 0 Å². The quantitative estimate of drug-likeness (QED) is 0.921. The molecule has 7 heteroatoms. The highest BCUT2D eigenvalue weighted by molar-refractivity contribution is 7.93. The van der Waals surface area contributed by atoms with Gasteiger partial charge in [0.1, 0.15) is 18.2 Å². The van der Waals surface area contributed by atoms with Gasteiger partial charge >= 0.3 is 0 Å². The van der Waals surface area contributed by atoms with Crippen LogP contribution in [-0.2, 0) is 23.0 Å². The largest absolute Gasteiger partial charge is 0.487 e. The van der Waals surface area contributed by atoms with E-state index in [1.807, 2.05) is 42.0 Å². The zero-order valence-electron chi connectivity index (χ0n) is 13.4. The summed E-state index contributed by atoms with van der Waals surface area (Å²) in [4.78, 5) is 4.72. The van der Waals surface area contributed by atoms with Crippen molar-refractivity contribution in [2.45, 2.75) is 32.4 Å². The molecule has 126 valence electrons. The van der Waals surface area contributed by atoms with E-state index >= 15 is 0 Å². The number of imidazole rings is 1. The van der Waals surface area contributed by atoms with Crippen LogP contribution in [0.2, 0.25) is 0 Å². The molecule has 2 aromatic rings. The molecule has 0 bridgehead atoms. The summed E-state index contributed by atoms with van der Waals surface area (Å²) in [7, 11) is -3.57. The van der Waals surface area contributed by atoms with Gasteiger partial charge < -0.3 is 9.30 Å². The van der Waals surface area contributed by atoms with Gasteiger partial charge in [-0.25, -0.2) is 18.1 Å². The molecule has 0 unspecified atom stereocenters. The van der Waals surface area contributed by atoms with Crippen molar-refractivity contribution in [2.24, 2.45) is 0 Å². The highest BCUT2D eigenvalue weighted by Crippen LogP contribution is 2.28. The van der Waals surface area contributed by atoms with Crippen LogP contribution in [-0.4, -0.2) is 30.6 Å². The van der Waals surface area contributed by atoms with Crippen LogP contribution in [0.5, 0.6) is 5.75 Å². The zero-order chi connectivity index (χ0) is 16.7. The number of aromatic nitrogens is 2. The minimum atomic E-state index is -3.57. The van der Waals surface area contributed by atoms with E-state index in [2.05, 4.69) is 9.71 Å². The zero-order valence-corrected chi connectivity index (χ0v) is 14.2. The lowest BCUT2D eigenvalue weighted by atomic mass is 10.1. The standard InChI is InChI=1S/C17H19N3O3S/c1-12-9-20-10-14(6-7-17(20)18-12)19-24(21,22)15-8-13-4-2-3-5-16(13)23-11-15/h2-5,8-9,14,19H,6-7,10-11H2,1H3/t14-/m1/s1. The van der Waals surface area contributed by atoms with Crippen LogP contribution in [0, 0.1) is 6.92 Å². The Balaban J connectivity index is 1.53. The maximum Gasteiger partial charge on any atom is 0.240 e. The van der Waals surface area contributed by atoms with Gasteiger partial charge in [0.15, 0.2) is 0 Å². The van der Waals surface area contributed by atoms with Crippen LogP contribution in [0.4, 0.5) is 0 Å². The van der Waals surface area contributed by atoms with Gasteiger partial charge in [-0.2, -0.15) is 0 Å². The molecule has 0 saturated heterocycles. The number of benzene rings is 1. The third-order valence-corrected chi connectivity index (χ3v) is 5.96. The summed E-state index contributed by atoms with van der Waals surface area (Å²) in [6, 6.07) is 7.30. The van der Waals surface area contributed by atoms with Gasteiger partial charge in [-0.05, 0) is 25.5 Å². The van der Waals surface area contributed by atoms with Gasteiger partial charge in [0.2, 0.25) is 10.0 Å². The van der Waals surface area contributed by atoms with E-state index in [4.69, 9.17) is 4.74 Å². The molecule has 0 saturated carbocycles. The van der Waals surface area contributed by atoms with Crippen LogP contribution < -0.4 is 9.46 Å². The molecule has 0 amide bonds. The number of nitrogens with one attached hydrogen (secondary N) is 1. The van der Waals surface area contributed by atoms with Crippen molar-refractivity contribution in [1.29, 1.82) is 0 Å². The van der Waals surface area contributed by atoms with E-state index in [-0.39, 0.29) is 17.6 Å². The second-order valence-electron chi connectivity index (χ2n) is 6.24. The molecule has 1 atom stereocenters. The van der Waals surface area contributed by atoms with Crippen molar-refractivity contribution in [1.82, 2.24) is 14.3 Å². The highest BCUT2D eigenvalue weighted by atomic mass is 32.2. The molecule has 24 heavy (non-hydrogen) atoms. The Hall–Kier alpha value is -2.12. The summed E-state index contributed by atoms with van der Waals surface area (Å²) < 4.78 is 35.8. The highest BCUT2D eigenvalue weighted by Gasteiger charge is 2.28. The molecule has 1 aromatic carbocycles. The van der Waals surface area contributed by atoms with Gasteiger partial charge in [-0.1, -0.05) is 18.2 Å². The molecule has 6 nitrogen and oxygen atoms in total. The second kappa shape index (κ2) is 5.75. The number of aryl methyl sites for hydroxylation is 2. The van der Waals surface area contributed by atoms with E-state index in [0.29, 0.717) is 12.3 Å². The summed E-state index contributed by atoms with van der Waals surface area (Å²) in [5.74, 6) is 1.74. The van der Waals surface area contributed by atoms with Crippen molar-refractivity contribution in [3.8, 4) is 5.75 Å². The third kappa shape index (κ3) is 2.85. The van der Waals surface area contributed by atoms with Gasteiger partial charge in [0.05, 0.1) is 10.6 Å². The topological polar surface area (TPSA) is 73.2 Å². The molecule has 0 spiro atoms. The Kier molecular flexibility index (Phi) is 3.69. The first-order valence-corrected chi connectivity index (χ1v) is 9.47. The first-order chi connectivity index (χ1) is 11.5. The molecule has 1 aromatic heterocycles. The lowest BCUT2D eigenvalue weighted by molar-refractivity contribution is 0.352. The summed E-state index contributed by atoms with van der Waals surface area (Å²) >= 11 is 0. The monoisotopic (exact) mass is 345 g/mol. The Morgan fingerprint density at radius 2 is 2.17 bits per heavy atom. The predicted molar refractivity (Wildman–Crippen MR) is 91.0 cm³/mol. The minimum absolute atomic E-state index is 0.0640. The molecule has 4 rings (SSSR count). The lowest BCUT2D eigenvalue weighted by Crippen LogP contribution is -2.42. The van der Waals surface area contributed by atoms with Crippen LogP contribution in [0.1, 0.15) is 23.5 Å². The van der Waals surface area contributed by atoms with Crippen LogP contribution in [0.25, 0.3) is 6.08 Å². The summed E-state index contributed by atoms with van der Waals surface area (Å²) in [5.41, 5.74) is 1.76. The maximum atomic E-state index is 12.7. The van der Waals surface area contributed by atoms with Crippen molar-refractivity contribution in [3.05, 3.63) is 52.4 Å². The SMILES string of the molecule is Cc1cn2c(n1)CC[C@@H](NS(=O)(=O)C1=Cc3ccccc3OC1)C2. The van der Waals surface area contributed by atoms with E-state index in [1.54, 1.807) is 6.08 Å². The summed E-state index contributed by atoms with van der Waals surface area (Å²) in [6.45, 7) is 2.63. The summed E-state index contributed by atoms with van der Waals surface area (Å²) in [5, 5.41) is 0. The number of sulfonamides is 1. The van der Waals surface area contributed by atoms with Crippen molar-refractivity contribution < 1.29 is 13.2 Å². The number of para-hydroxylation sites is 1. The van der Waals surface area contributed by atoms with E-state index in [9.17, 15) is 8.42 Å². The van der Waals surface area contributed by atoms with Crippen LogP contribution in [0.15, 0.2) is 35.4 Å². The number of hydrogen-bond acceptors (Lipinski definition) is 4. The molecule has 0 aliphatic carbocycles. The van der Waals surface area contributed by atoms with Crippen LogP contribution in [0.3, 0.4) is 0 Å². The number of rotatable bonds is 3. The normalized spacial score (nSPS) is 19.9. The van der Waals surface area contributed by atoms with Crippen molar-refractivity contribution >= 4 is 16.1 Å². The molecule has 1 N–H and O–H groups in total. The molecular weight excluding hydrogens is 326 g/mol. The fraction of sp³-hybridized carbons (Fsp3) is 0.353. The first kappa shape index (κ1) is 15.4. The number of hydrogen-bond donors (Lipinski definition) is 1. The van der Waals surface area contributed by atoms with Gasteiger partial charge in [-0.3, -0.25) is 0 Å². The first-order valence-electron chi connectivity index (χ1n) is 7.99. The number of fused-ring (bicyclic) bond motifs is 2. The smallest absolute Gasteiger partial charge is 0.240 e. The van der Waals surface area contributed by atoms with Gasteiger partial charge in [0, 0.05) is 30.8 Å². The van der Waals surface area contributed by atoms with E-state index < -0.39 is 10.0 Å². The fourth-order valence-corrected chi connectivity index (χ4v) is 4.51. The second-order valence-corrected chi connectivity index (χ2v) is 8.01. The van der Waals surface area contributed by atoms with Crippen molar-refractivity contribution in [2.75, 3.05) is 6.61 Å². The number of ether oxygens (including phenoxy) is 1. The Morgan fingerprint density at radius 3 is 3.04 bits per heavy atom. The minimum Gasteiger partial charge on any atom is -0.487 e. The lowest BCUT2D eigenvalue weighted by Gasteiger charge is -2.26. The third-order valence-electron chi connectivity index (χ3n) is 4.39. The maximum absolute atomic E-state index is 12.7. The molecule has 2 aliphatic heterocycles. The Bertz CT molecular complexity index is 915. The van der Waals surface area contributed by atoms with Gasteiger partial charge in [-0.15, -0.1) is 0 Å². The number of nitrogens with zero attached hydrogens (tertiary/aromatic N) is 2. The molecule has 2 aliphatic rings. The summed E-state index contributed by atoms with van der Waals surface area (Å²) in [6.07, 6.45) is 5.19. The van der Waals surface area contributed by atoms with E-state index in [0.717, 1.165) is 29.9 Å². The molecule has 0 radical (unpaired) electrons. The predicted octanol–water partition coefficient (Wildman–Crippen LogP) is 1.86. The van der Waals surface area contributed by atoms with Crippen molar-refractivity contribution in [3.63, 3.8) is 0 Å². The molecule has 3 heterocycles. The Morgan fingerprint density at radius 1 is 1.33 bits per heavy atom. The average molecular weight is 345 g/mol. The molecule has 0 fully saturated rings. The van der Waals surface area contributed by atoms with Gasteiger partial charge in [0.25, 0.3) is 0 Å². The fourth-order valence-electron chi connectivity index (χ4n) is 3.23. The Labute approximate surface area is 141 Å².